The maximum atomic E-state index is 9.82. The average molecular weight is 259 g/mol. The molecule has 1 aliphatic carbocycles. The zero-order valence-electron chi connectivity index (χ0n) is 10.8. The topological polar surface area (TPSA) is 75.9 Å². The van der Waals surface area contributed by atoms with Gasteiger partial charge in [0.2, 0.25) is 0 Å². The van der Waals surface area contributed by atoms with Gasteiger partial charge in [0, 0.05) is 12.4 Å². The van der Waals surface area contributed by atoms with Gasteiger partial charge in [0.1, 0.15) is 11.6 Å². The van der Waals surface area contributed by atoms with Crippen LogP contribution in [-0.2, 0) is 0 Å². The molecule has 0 amide bonds. The lowest BCUT2D eigenvalue weighted by Crippen LogP contribution is -2.28. The van der Waals surface area contributed by atoms with Gasteiger partial charge in [0.05, 0.1) is 24.5 Å². The molecular formula is C13H17N5O. The van der Waals surface area contributed by atoms with Crippen molar-refractivity contribution in [3.05, 3.63) is 30.6 Å². The predicted molar refractivity (Wildman–Crippen MR) is 71.2 cm³/mol. The largest absolute Gasteiger partial charge is 0.391 e. The summed E-state index contributed by atoms with van der Waals surface area (Å²) >= 11 is 0. The van der Waals surface area contributed by atoms with Crippen LogP contribution >= 0.6 is 0 Å². The van der Waals surface area contributed by atoms with Crippen molar-refractivity contribution in [3.63, 3.8) is 0 Å². The van der Waals surface area contributed by atoms with Gasteiger partial charge in [0.15, 0.2) is 5.82 Å². The van der Waals surface area contributed by atoms with Crippen molar-refractivity contribution in [1.29, 1.82) is 0 Å². The second-order valence-electron chi connectivity index (χ2n) is 4.86. The monoisotopic (exact) mass is 259 g/mol. The van der Waals surface area contributed by atoms with Crippen molar-refractivity contribution < 1.29 is 5.11 Å². The molecule has 2 heterocycles. The first kappa shape index (κ1) is 12.1. The second-order valence-corrected chi connectivity index (χ2v) is 4.86. The highest BCUT2D eigenvalue weighted by Crippen LogP contribution is 2.22. The molecule has 2 aromatic rings. The van der Waals surface area contributed by atoms with E-state index in [4.69, 9.17) is 0 Å². The number of rotatable bonds is 3. The van der Waals surface area contributed by atoms with Gasteiger partial charge in [0.25, 0.3) is 0 Å². The highest BCUT2D eigenvalue weighted by molar-refractivity contribution is 5.38. The van der Waals surface area contributed by atoms with Gasteiger partial charge in [-0.15, -0.1) is 0 Å². The Morgan fingerprint density at radius 3 is 2.95 bits per heavy atom. The summed E-state index contributed by atoms with van der Waals surface area (Å²) in [5.41, 5.74) is 0. The lowest BCUT2D eigenvalue weighted by Gasteiger charge is -2.17. The van der Waals surface area contributed by atoms with Crippen LogP contribution in [0.3, 0.4) is 0 Å². The summed E-state index contributed by atoms with van der Waals surface area (Å²) in [4.78, 5) is 12.9. The predicted octanol–water partition coefficient (Wildman–Crippen LogP) is 1.30. The quantitative estimate of drug-likeness (QED) is 0.868. The number of imidazole rings is 1. The van der Waals surface area contributed by atoms with Crippen LogP contribution < -0.4 is 5.32 Å². The van der Waals surface area contributed by atoms with Gasteiger partial charge in [-0.3, -0.25) is 9.55 Å². The zero-order valence-corrected chi connectivity index (χ0v) is 10.8. The van der Waals surface area contributed by atoms with Crippen molar-refractivity contribution in [2.45, 2.75) is 38.3 Å². The molecule has 2 aromatic heterocycles. The molecule has 0 radical (unpaired) electrons. The van der Waals surface area contributed by atoms with E-state index >= 15 is 0 Å². The van der Waals surface area contributed by atoms with Crippen molar-refractivity contribution >= 4 is 5.82 Å². The number of aromatic nitrogens is 4. The average Bonchev–Trinajstić information content (AvgIpc) is 3.00. The molecule has 2 N–H and O–H groups in total. The van der Waals surface area contributed by atoms with Gasteiger partial charge >= 0.3 is 0 Å². The molecule has 1 aliphatic rings. The molecule has 0 aliphatic heterocycles. The lowest BCUT2D eigenvalue weighted by molar-refractivity contribution is 0.171. The second kappa shape index (κ2) is 4.97. The number of anilines is 1. The van der Waals surface area contributed by atoms with E-state index in [1.807, 2.05) is 17.7 Å². The Kier molecular flexibility index (Phi) is 3.16. The minimum atomic E-state index is -0.291. The molecule has 0 unspecified atom stereocenters. The van der Waals surface area contributed by atoms with Crippen LogP contribution in [0.5, 0.6) is 0 Å². The van der Waals surface area contributed by atoms with Gasteiger partial charge in [-0.05, 0) is 26.2 Å². The van der Waals surface area contributed by atoms with Crippen LogP contribution in [0.4, 0.5) is 5.82 Å². The Bertz CT molecular complexity index is 568. The third-order valence-corrected chi connectivity index (χ3v) is 3.51. The molecule has 2 atom stereocenters. The number of nitrogens with one attached hydrogen (secondary N) is 1. The number of nitrogens with zero attached hydrogens (tertiary/aromatic N) is 4. The molecular weight excluding hydrogens is 242 g/mol. The first-order valence-electron chi connectivity index (χ1n) is 6.51. The highest BCUT2D eigenvalue weighted by atomic mass is 16.3. The minimum Gasteiger partial charge on any atom is -0.391 e. The molecule has 6 heteroatoms. The summed E-state index contributed by atoms with van der Waals surface area (Å²) in [6, 6.07) is 0.0773. The Labute approximate surface area is 111 Å². The Morgan fingerprint density at radius 1 is 1.37 bits per heavy atom. The fourth-order valence-electron chi connectivity index (χ4n) is 2.46. The van der Waals surface area contributed by atoms with Gasteiger partial charge < -0.3 is 10.4 Å². The molecule has 1 fully saturated rings. The molecule has 6 nitrogen and oxygen atoms in total. The molecule has 0 bridgehead atoms. The molecule has 0 spiro atoms. The van der Waals surface area contributed by atoms with Crippen molar-refractivity contribution in [1.82, 2.24) is 19.5 Å². The molecule has 100 valence electrons. The summed E-state index contributed by atoms with van der Waals surface area (Å²) in [6.07, 6.45) is 9.55. The van der Waals surface area contributed by atoms with Crippen molar-refractivity contribution in [3.8, 4) is 5.82 Å². The van der Waals surface area contributed by atoms with E-state index in [1.54, 1.807) is 18.6 Å². The number of hydrogen-bond donors (Lipinski definition) is 2. The third kappa shape index (κ3) is 2.44. The summed E-state index contributed by atoms with van der Waals surface area (Å²) in [5.74, 6) is 2.29. The molecule has 0 aromatic carbocycles. The number of aryl methyl sites for hydroxylation is 1. The van der Waals surface area contributed by atoms with Crippen LogP contribution in [0.25, 0.3) is 5.82 Å². The summed E-state index contributed by atoms with van der Waals surface area (Å²) in [6.45, 7) is 1.92. The van der Waals surface area contributed by atoms with Gasteiger partial charge in [-0.25, -0.2) is 9.97 Å². The first-order chi connectivity index (χ1) is 9.24. The smallest absolute Gasteiger partial charge is 0.159 e. The van der Waals surface area contributed by atoms with Crippen LogP contribution in [0.2, 0.25) is 0 Å². The van der Waals surface area contributed by atoms with Crippen LogP contribution in [0.1, 0.15) is 25.1 Å². The SMILES string of the molecule is Cc1nccn1-c1cncc(N[C@H]2CCC[C@@H]2O)n1. The third-order valence-electron chi connectivity index (χ3n) is 3.51. The first-order valence-corrected chi connectivity index (χ1v) is 6.51. The number of aliphatic hydroxyl groups is 1. The van der Waals surface area contributed by atoms with E-state index in [1.165, 1.54) is 0 Å². The summed E-state index contributed by atoms with van der Waals surface area (Å²) in [7, 11) is 0. The Morgan fingerprint density at radius 2 is 2.26 bits per heavy atom. The number of aliphatic hydroxyl groups excluding tert-OH is 1. The van der Waals surface area contributed by atoms with E-state index in [0.29, 0.717) is 5.82 Å². The maximum Gasteiger partial charge on any atom is 0.159 e. The van der Waals surface area contributed by atoms with E-state index in [9.17, 15) is 5.11 Å². The maximum absolute atomic E-state index is 9.82. The van der Waals surface area contributed by atoms with E-state index in [0.717, 1.165) is 30.9 Å². The minimum absolute atomic E-state index is 0.0773. The van der Waals surface area contributed by atoms with Gasteiger partial charge in [-0.1, -0.05) is 0 Å². The number of hydrogen-bond acceptors (Lipinski definition) is 5. The molecule has 1 saturated carbocycles. The lowest BCUT2D eigenvalue weighted by atomic mass is 10.2. The standard InChI is InChI=1S/C13H17N5O/c1-9-15-5-6-18(9)13-8-14-7-12(17-13)16-10-3-2-4-11(10)19/h5-8,10-11,19H,2-4H2,1H3,(H,16,17)/t10-,11-/m0/s1. The Hall–Kier alpha value is -1.95. The fourth-order valence-corrected chi connectivity index (χ4v) is 2.46. The van der Waals surface area contributed by atoms with Crippen molar-refractivity contribution in [2.24, 2.45) is 0 Å². The molecule has 19 heavy (non-hydrogen) atoms. The van der Waals surface area contributed by atoms with Crippen LogP contribution in [0, 0.1) is 6.92 Å². The van der Waals surface area contributed by atoms with Crippen LogP contribution in [0.15, 0.2) is 24.8 Å². The van der Waals surface area contributed by atoms with Crippen molar-refractivity contribution in [2.75, 3.05) is 5.32 Å². The zero-order chi connectivity index (χ0) is 13.2. The normalized spacial score (nSPS) is 22.6. The van der Waals surface area contributed by atoms with Crippen LogP contribution in [-0.4, -0.2) is 36.8 Å². The Balaban J connectivity index is 1.82. The highest BCUT2D eigenvalue weighted by Gasteiger charge is 2.25. The van der Waals surface area contributed by atoms with E-state index in [-0.39, 0.29) is 12.1 Å². The molecule has 0 saturated heterocycles. The summed E-state index contributed by atoms with van der Waals surface area (Å²) < 4.78 is 1.88. The van der Waals surface area contributed by atoms with E-state index < -0.39 is 0 Å². The van der Waals surface area contributed by atoms with Gasteiger partial charge in [-0.2, -0.15) is 0 Å². The fraction of sp³-hybridized carbons (Fsp3) is 0.462. The summed E-state index contributed by atoms with van der Waals surface area (Å²) in [5, 5.41) is 13.1. The molecule has 3 rings (SSSR count). The van der Waals surface area contributed by atoms with E-state index in [2.05, 4.69) is 20.3 Å².